The first-order valence-electron chi connectivity index (χ1n) is 5.27. The first-order valence-corrected chi connectivity index (χ1v) is 10.7. The van der Waals surface area contributed by atoms with Crippen LogP contribution in [-0.2, 0) is 16.8 Å². The molecule has 0 saturated carbocycles. The summed E-state index contributed by atoms with van der Waals surface area (Å²) < 4.78 is 2.71. The van der Waals surface area contributed by atoms with Gasteiger partial charge in [-0.25, -0.2) is 0 Å². The van der Waals surface area contributed by atoms with Gasteiger partial charge in [0.15, 0.2) is 0 Å². The van der Waals surface area contributed by atoms with Crippen LogP contribution in [0, 0.1) is 0 Å². The molecule has 5 heteroatoms. The molecule has 14 heavy (non-hydrogen) atoms. The zero-order chi connectivity index (χ0) is 9.73. The topological polar surface area (TPSA) is 27.3 Å². The molecule has 0 aliphatic carbocycles. The molecule has 0 spiro atoms. The number of hydrogen-bond acceptors (Lipinski definition) is 3. The van der Waals surface area contributed by atoms with Crippen molar-refractivity contribution < 1.29 is 16.8 Å². The van der Waals surface area contributed by atoms with Crippen LogP contribution in [0.2, 0.25) is 15.7 Å². The van der Waals surface area contributed by atoms with Crippen molar-refractivity contribution in [3.63, 3.8) is 0 Å². The van der Waals surface area contributed by atoms with E-state index in [1.54, 1.807) is 0 Å². The predicted octanol–water partition coefficient (Wildman–Crippen LogP) is 1.12. The van der Waals surface area contributed by atoms with E-state index in [2.05, 4.69) is 29.7 Å². The second kappa shape index (κ2) is 7.21. The van der Waals surface area contributed by atoms with Crippen molar-refractivity contribution >= 4 is 12.4 Å². The van der Waals surface area contributed by atoms with Gasteiger partial charge in [-0.3, -0.25) is 0 Å². The van der Waals surface area contributed by atoms with Crippen molar-refractivity contribution in [2.24, 2.45) is 0 Å². The van der Waals surface area contributed by atoms with Crippen molar-refractivity contribution in [1.82, 2.24) is 14.0 Å². The van der Waals surface area contributed by atoms with Gasteiger partial charge < -0.3 is 0 Å². The molecule has 3 nitrogen and oxygen atoms in total. The van der Waals surface area contributed by atoms with Gasteiger partial charge in [0.05, 0.1) is 0 Å². The molecular weight excluding hydrogens is 233 g/mol. The SMILES string of the molecule is Cl.[CH3][Ti]([CH3])([CH3])[N]1CCNCCNCC1. The standard InChI is InChI=1S/C6H14N3.3CH3.ClH.Ti/c1-2-8-5-6-9-4-3-7-1;;;;;/h7-8H,1-6H2;3*1H3;1H;/q-1;;;;;+1. The van der Waals surface area contributed by atoms with E-state index in [0.29, 0.717) is 0 Å². The third-order valence-electron chi connectivity index (χ3n) is 2.54. The molecule has 1 fully saturated rings. The molecule has 0 radical (unpaired) electrons. The van der Waals surface area contributed by atoms with Gasteiger partial charge in [0, 0.05) is 0 Å². The fourth-order valence-corrected chi connectivity index (χ4v) is 4.08. The molecule has 1 aliphatic heterocycles. The monoisotopic (exact) mass is 257 g/mol. The van der Waals surface area contributed by atoms with Crippen LogP contribution < -0.4 is 10.6 Å². The molecule has 0 aromatic carbocycles. The van der Waals surface area contributed by atoms with Crippen LogP contribution in [0.15, 0.2) is 0 Å². The van der Waals surface area contributed by atoms with Crippen LogP contribution in [0.4, 0.5) is 0 Å². The Labute approximate surface area is 98.1 Å². The van der Waals surface area contributed by atoms with Gasteiger partial charge >= 0.3 is 85.8 Å². The molecular formula is C9H24ClN3Ti. The van der Waals surface area contributed by atoms with Crippen molar-refractivity contribution in [3.05, 3.63) is 0 Å². The second-order valence-corrected chi connectivity index (χ2v) is 12.4. The number of nitrogens with one attached hydrogen (secondary N) is 2. The van der Waals surface area contributed by atoms with Crippen LogP contribution in [0.1, 0.15) is 0 Å². The van der Waals surface area contributed by atoms with Crippen LogP contribution in [0.25, 0.3) is 0 Å². The number of halogens is 1. The van der Waals surface area contributed by atoms with E-state index in [1.807, 2.05) is 0 Å². The van der Waals surface area contributed by atoms with Gasteiger partial charge in [-0.2, -0.15) is 0 Å². The summed E-state index contributed by atoms with van der Waals surface area (Å²) in [7, 11) is 0. The molecule has 0 atom stereocenters. The van der Waals surface area contributed by atoms with Crippen LogP contribution in [-0.4, -0.2) is 42.7 Å². The van der Waals surface area contributed by atoms with E-state index >= 15 is 0 Å². The molecule has 0 amide bonds. The van der Waals surface area contributed by atoms with Gasteiger partial charge in [-0.1, -0.05) is 0 Å². The van der Waals surface area contributed by atoms with Crippen molar-refractivity contribution in [3.8, 4) is 0 Å². The summed E-state index contributed by atoms with van der Waals surface area (Å²) in [4.78, 5) is 0. The minimum atomic E-state index is -1.56. The normalized spacial score (nSPS) is 21.6. The Morgan fingerprint density at radius 2 is 1.29 bits per heavy atom. The number of hydrogen-bond donors (Lipinski definition) is 2. The van der Waals surface area contributed by atoms with Crippen LogP contribution in [0.5, 0.6) is 0 Å². The van der Waals surface area contributed by atoms with Crippen LogP contribution in [0.3, 0.4) is 0 Å². The van der Waals surface area contributed by atoms with Gasteiger partial charge in [-0.05, 0) is 0 Å². The zero-order valence-corrected chi connectivity index (χ0v) is 12.0. The minimum absolute atomic E-state index is 0. The Morgan fingerprint density at radius 1 is 0.857 bits per heavy atom. The summed E-state index contributed by atoms with van der Waals surface area (Å²) in [5.41, 5.74) is 0. The Morgan fingerprint density at radius 3 is 1.64 bits per heavy atom. The molecule has 0 bridgehead atoms. The zero-order valence-electron chi connectivity index (χ0n) is 9.60. The second-order valence-electron chi connectivity index (χ2n) is 4.66. The predicted molar refractivity (Wildman–Crippen MR) is 62.2 cm³/mol. The Bertz CT molecular complexity index is 139. The number of nitrogens with zero attached hydrogens (tertiary/aromatic N) is 1. The van der Waals surface area contributed by atoms with Gasteiger partial charge in [-0.15, -0.1) is 12.4 Å². The number of rotatable bonds is 1. The molecule has 1 heterocycles. The first kappa shape index (κ1) is 14.9. The third-order valence-corrected chi connectivity index (χ3v) is 6.21. The van der Waals surface area contributed by atoms with Gasteiger partial charge in [0.2, 0.25) is 0 Å². The molecule has 1 saturated heterocycles. The third kappa shape index (κ3) is 5.69. The summed E-state index contributed by atoms with van der Waals surface area (Å²) in [6.07, 6.45) is 0. The molecule has 1 rings (SSSR count). The van der Waals surface area contributed by atoms with E-state index in [4.69, 9.17) is 0 Å². The van der Waals surface area contributed by atoms with Crippen molar-refractivity contribution in [2.75, 3.05) is 39.3 Å². The molecule has 0 aromatic rings. The quantitative estimate of drug-likeness (QED) is 0.690. The summed E-state index contributed by atoms with van der Waals surface area (Å²) in [6, 6.07) is 0. The summed E-state index contributed by atoms with van der Waals surface area (Å²) in [5.74, 6) is 0. The average Bonchev–Trinajstić information content (AvgIpc) is 2.14. The van der Waals surface area contributed by atoms with E-state index in [-0.39, 0.29) is 12.4 Å². The molecule has 2 N–H and O–H groups in total. The molecule has 0 aromatic heterocycles. The molecule has 1 aliphatic rings. The summed E-state index contributed by atoms with van der Waals surface area (Å²) >= 11 is -1.56. The fourth-order valence-electron chi connectivity index (χ4n) is 1.64. The van der Waals surface area contributed by atoms with Crippen molar-refractivity contribution in [1.29, 1.82) is 0 Å². The van der Waals surface area contributed by atoms with Crippen molar-refractivity contribution in [2.45, 2.75) is 15.7 Å². The van der Waals surface area contributed by atoms with Gasteiger partial charge in [0.1, 0.15) is 0 Å². The maximum absolute atomic E-state index is 3.46. The Hall–Kier alpha value is 0.884. The van der Waals surface area contributed by atoms with E-state index in [9.17, 15) is 0 Å². The van der Waals surface area contributed by atoms with Crippen LogP contribution >= 0.6 is 12.4 Å². The van der Waals surface area contributed by atoms with E-state index in [1.165, 1.54) is 13.1 Å². The van der Waals surface area contributed by atoms with Gasteiger partial charge in [0.25, 0.3) is 0 Å². The summed E-state index contributed by atoms with van der Waals surface area (Å²) in [5, 5.41) is 14.3. The molecule has 0 unspecified atom stereocenters. The Kier molecular flexibility index (Phi) is 7.66. The fraction of sp³-hybridized carbons (Fsp3) is 1.00. The maximum atomic E-state index is 3.46. The average molecular weight is 258 g/mol. The molecule has 86 valence electrons. The summed E-state index contributed by atoms with van der Waals surface area (Å²) in [6.45, 7) is 7.03. The van der Waals surface area contributed by atoms with E-state index in [0.717, 1.165) is 26.2 Å². The first-order chi connectivity index (χ1) is 6.11. The Balaban J connectivity index is 0.00000169. The van der Waals surface area contributed by atoms with E-state index < -0.39 is 16.8 Å².